The molecule has 0 aliphatic carbocycles. The van der Waals surface area contributed by atoms with Crippen LogP contribution in [0.2, 0.25) is 5.02 Å². The van der Waals surface area contributed by atoms with Crippen molar-refractivity contribution in [3.63, 3.8) is 0 Å². The summed E-state index contributed by atoms with van der Waals surface area (Å²) in [6.07, 6.45) is 1.61. The Morgan fingerprint density at radius 1 is 1.00 bits per heavy atom. The fraction of sp³-hybridized carbons (Fsp3) is 0.143. The van der Waals surface area contributed by atoms with E-state index in [1.54, 1.807) is 68.6 Å². The second-order valence-electron chi connectivity index (χ2n) is 10.1. The minimum absolute atomic E-state index is 0.144. The van der Waals surface area contributed by atoms with Crippen molar-refractivity contribution in [2.45, 2.75) is 13.0 Å². The van der Waals surface area contributed by atoms with Crippen molar-refractivity contribution in [3.8, 4) is 17.1 Å². The minimum atomic E-state index is -0.857. The summed E-state index contributed by atoms with van der Waals surface area (Å²) in [6.45, 7) is 1.87. The Kier molecular flexibility index (Phi) is 8.74. The standard InChI is InChI=1S/C35H27ClN2O7S/c1-4-44-34(41)29-30(20-9-6-5-7-10-20)37-35-38(31(29)21-11-8-12-23(17-21)42-2)32(39)28(46-35)19-24-14-16-27(45-24)26-18-22(36)13-15-25(26)33(40)43-3/h5-19,31H,4H2,1-3H3/b28-19+/t31-/m0/s1. The van der Waals surface area contributed by atoms with E-state index in [4.69, 9.17) is 35.2 Å². The smallest absolute Gasteiger partial charge is 0.338 e. The van der Waals surface area contributed by atoms with E-state index in [1.807, 2.05) is 36.4 Å². The maximum absolute atomic E-state index is 14.2. The molecule has 0 fully saturated rings. The molecule has 0 saturated carbocycles. The van der Waals surface area contributed by atoms with E-state index < -0.39 is 18.0 Å². The summed E-state index contributed by atoms with van der Waals surface area (Å²) < 4.78 is 23.8. The molecule has 5 aromatic rings. The average molecular weight is 655 g/mol. The minimum Gasteiger partial charge on any atom is -0.497 e. The summed E-state index contributed by atoms with van der Waals surface area (Å²) in [7, 11) is 2.85. The molecule has 0 bridgehead atoms. The Morgan fingerprint density at radius 2 is 1.80 bits per heavy atom. The Labute approximate surface area is 272 Å². The summed E-state index contributed by atoms with van der Waals surface area (Å²) in [5.74, 6) is 0.179. The van der Waals surface area contributed by atoms with Crippen molar-refractivity contribution in [3.05, 3.63) is 138 Å². The highest BCUT2D eigenvalue weighted by atomic mass is 35.5. The lowest BCUT2D eigenvalue weighted by atomic mass is 9.93. The number of hydrogen-bond acceptors (Lipinski definition) is 9. The van der Waals surface area contributed by atoms with E-state index in [-0.39, 0.29) is 23.3 Å². The Balaban J connectivity index is 1.55. The maximum atomic E-state index is 14.2. The number of methoxy groups -OCH3 is 2. The first kappa shape index (κ1) is 30.8. The quantitative estimate of drug-likeness (QED) is 0.199. The molecule has 1 aliphatic rings. The Hall–Kier alpha value is -5.19. The van der Waals surface area contributed by atoms with Gasteiger partial charge in [-0.15, -0.1) is 0 Å². The normalized spacial score (nSPS) is 14.4. The first-order valence-electron chi connectivity index (χ1n) is 14.2. The largest absolute Gasteiger partial charge is 0.497 e. The van der Waals surface area contributed by atoms with Gasteiger partial charge in [0.25, 0.3) is 5.56 Å². The molecule has 1 aliphatic heterocycles. The summed E-state index contributed by atoms with van der Waals surface area (Å²) in [5, 5.41) is 0.415. The zero-order chi connectivity index (χ0) is 32.4. The number of esters is 2. The average Bonchev–Trinajstić information content (AvgIpc) is 3.67. The van der Waals surface area contributed by atoms with Crippen molar-refractivity contribution in [1.82, 2.24) is 4.57 Å². The number of thiazole rings is 1. The van der Waals surface area contributed by atoms with Crippen LogP contribution in [0.25, 0.3) is 23.1 Å². The molecule has 9 nitrogen and oxygen atoms in total. The predicted molar refractivity (Wildman–Crippen MR) is 175 cm³/mol. The molecule has 46 heavy (non-hydrogen) atoms. The third-order valence-electron chi connectivity index (χ3n) is 7.34. The second-order valence-corrected chi connectivity index (χ2v) is 11.5. The van der Waals surface area contributed by atoms with Gasteiger partial charge in [-0.3, -0.25) is 9.36 Å². The summed E-state index contributed by atoms with van der Waals surface area (Å²) in [4.78, 5) is 45.5. The van der Waals surface area contributed by atoms with Crippen LogP contribution >= 0.6 is 22.9 Å². The van der Waals surface area contributed by atoms with Crippen molar-refractivity contribution in [1.29, 1.82) is 0 Å². The van der Waals surface area contributed by atoms with Crippen LogP contribution in [-0.2, 0) is 14.3 Å². The lowest BCUT2D eigenvalue weighted by Crippen LogP contribution is -2.40. The number of nitrogens with zero attached hydrogens (tertiary/aromatic N) is 2. The van der Waals surface area contributed by atoms with Crippen LogP contribution in [0.3, 0.4) is 0 Å². The predicted octanol–water partition coefficient (Wildman–Crippen LogP) is 5.64. The molecule has 0 spiro atoms. The van der Waals surface area contributed by atoms with E-state index in [0.717, 1.165) is 0 Å². The van der Waals surface area contributed by atoms with Crippen LogP contribution in [0, 0.1) is 0 Å². The SMILES string of the molecule is CCOC(=O)C1=C(c2ccccc2)N=c2s/c(=C/c3ccc(-c4cc(Cl)ccc4C(=O)OC)o3)c(=O)n2[C@H]1c1cccc(OC)c1. The molecule has 1 atom stereocenters. The van der Waals surface area contributed by atoms with E-state index in [2.05, 4.69) is 0 Å². The number of carbonyl (C=O) groups is 2. The van der Waals surface area contributed by atoms with Gasteiger partial charge in [-0.2, -0.15) is 0 Å². The molecule has 0 N–H and O–H groups in total. The third kappa shape index (κ3) is 5.80. The topological polar surface area (TPSA) is 109 Å². The molecule has 0 unspecified atom stereocenters. The fourth-order valence-electron chi connectivity index (χ4n) is 5.28. The monoisotopic (exact) mass is 654 g/mol. The van der Waals surface area contributed by atoms with Gasteiger partial charge in [-0.1, -0.05) is 65.4 Å². The number of fused-ring (bicyclic) bond motifs is 1. The number of hydrogen-bond donors (Lipinski definition) is 0. The first-order chi connectivity index (χ1) is 22.3. The van der Waals surface area contributed by atoms with Crippen LogP contribution in [0.1, 0.15) is 40.2 Å². The lowest BCUT2D eigenvalue weighted by molar-refractivity contribution is -0.138. The zero-order valence-corrected chi connectivity index (χ0v) is 26.6. The van der Waals surface area contributed by atoms with E-state index in [0.29, 0.717) is 54.0 Å². The molecular formula is C35H27ClN2O7S. The van der Waals surface area contributed by atoms with Gasteiger partial charge in [0, 0.05) is 22.2 Å². The molecule has 0 radical (unpaired) electrons. The summed E-state index contributed by atoms with van der Waals surface area (Å²) in [5.41, 5.74) is 2.36. The van der Waals surface area contributed by atoms with Crippen molar-refractivity contribution >= 4 is 46.6 Å². The van der Waals surface area contributed by atoms with Gasteiger partial charge in [-0.25, -0.2) is 14.6 Å². The molecule has 0 saturated heterocycles. The van der Waals surface area contributed by atoms with Crippen LogP contribution in [0.4, 0.5) is 0 Å². The van der Waals surface area contributed by atoms with Gasteiger partial charge in [0.2, 0.25) is 0 Å². The highest BCUT2D eigenvalue weighted by Gasteiger charge is 2.35. The van der Waals surface area contributed by atoms with Crippen LogP contribution in [0.15, 0.2) is 105 Å². The van der Waals surface area contributed by atoms with E-state index in [9.17, 15) is 14.4 Å². The van der Waals surface area contributed by atoms with Gasteiger partial charge in [0.15, 0.2) is 4.80 Å². The summed E-state index contributed by atoms with van der Waals surface area (Å²) in [6, 6.07) is 23.8. The lowest BCUT2D eigenvalue weighted by Gasteiger charge is -2.26. The first-order valence-corrected chi connectivity index (χ1v) is 15.4. The number of ether oxygens (including phenoxy) is 3. The van der Waals surface area contributed by atoms with Gasteiger partial charge in [-0.05, 0) is 55.0 Å². The molecule has 3 aromatic carbocycles. The van der Waals surface area contributed by atoms with Crippen molar-refractivity contribution < 1.29 is 28.2 Å². The van der Waals surface area contributed by atoms with Crippen LogP contribution < -0.4 is 19.6 Å². The maximum Gasteiger partial charge on any atom is 0.338 e. The molecule has 0 amide bonds. The van der Waals surface area contributed by atoms with Gasteiger partial charge < -0.3 is 18.6 Å². The summed E-state index contributed by atoms with van der Waals surface area (Å²) >= 11 is 7.39. The van der Waals surface area contributed by atoms with Crippen LogP contribution in [0.5, 0.6) is 5.75 Å². The molecule has 6 rings (SSSR count). The highest BCUT2D eigenvalue weighted by molar-refractivity contribution is 7.07. The number of carbonyl (C=O) groups excluding carboxylic acids is 2. The Morgan fingerprint density at radius 3 is 2.54 bits per heavy atom. The highest BCUT2D eigenvalue weighted by Crippen LogP contribution is 2.36. The van der Waals surface area contributed by atoms with E-state index >= 15 is 0 Å². The number of benzene rings is 3. The fourth-order valence-corrected chi connectivity index (χ4v) is 6.43. The number of halogens is 1. The second kappa shape index (κ2) is 13.0. The number of aromatic nitrogens is 1. The third-order valence-corrected chi connectivity index (χ3v) is 8.55. The van der Waals surface area contributed by atoms with Crippen LogP contribution in [-0.4, -0.2) is 37.3 Å². The van der Waals surface area contributed by atoms with Gasteiger partial charge >= 0.3 is 11.9 Å². The van der Waals surface area contributed by atoms with Crippen molar-refractivity contribution in [2.75, 3.05) is 20.8 Å². The van der Waals surface area contributed by atoms with Crippen molar-refractivity contribution in [2.24, 2.45) is 4.99 Å². The van der Waals surface area contributed by atoms with E-state index in [1.165, 1.54) is 23.0 Å². The molecule has 11 heteroatoms. The molecule has 2 aromatic heterocycles. The number of rotatable bonds is 8. The number of furan rings is 1. The molecule has 232 valence electrons. The zero-order valence-electron chi connectivity index (χ0n) is 25.0. The molecular weight excluding hydrogens is 628 g/mol. The van der Waals surface area contributed by atoms with Gasteiger partial charge in [0.1, 0.15) is 17.3 Å². The Bertz CT molecular complexity index is 2180. The molecule has 3 heterocycles. The van der Waals surface area contributed by atoms with Gasteiger partial charge in [0.05, 0.1) is 48.2 Å².